The SMILES string of the molecule is CCC1(C)CC=c2c3cccc4c(OC)ccc(c43)n21. The van der Waals surface area contributed by atoms with Gasteiger partial charge in [-0.05, 0) is 31.9 Å². The summed E-state index contributed by atoms with van der Waals surface area (Å²) in [5, 5.41) is 5.30. The molecule has 0 amide bonds. The van der Waals surface area contributed by atoms with Gasteiger partial charge in [0, 0.05) is 27.0 Å². The highest BCUT2D eigenvalue weighted by Crippen LogP contribution is 2.38. The van der Waals surface area contributed by atoms with E-state index in [-0.39, 0.29) is 5.54 Å². The average molecular weight is 265 g/mol. The fourth-order valence-corrected chi connectivity index (χ4v) is 3.68. The van der Waals surface area contributed by atoms with Gasteiger partial charge in [-0.3, -0.25) is 0 Å². The minimum atomic E-state index is 0.204. The smallest absolute Gasteiger partial charge is 0.126 e. The predicted octanol–water partition coefficient (Wildman–Crippen LogP) is 3.83. The van der Waals surface area contributed by atoms with Crippen LogP contribution in [0.25, 0.3) is 27.8 Å². The number of aromatic nitrogens is 1. The summed E-state index contributed by atoms with van der Waals surface area (Å²) in [7, 11) is 1.75. The van der Waals surface area contributed by atoms with E-state index in [0.717, 1.165) is 18.6 Å². The van der Waals surface area contributed by atoms with Gasteiger partial charge in [0.05, 0.1) is 12.6 Å². The lowest BCUT2D eigenvalue weighted by Crippen LogP contribution is -2.30. The maximum atomic E-state index is 5.53. The van der Waals surface area contributed by atoms with Crippen LogP contribution in [0.2, 0.25) is 0 Å². The van der Waals surface area contributed by atoms with Crippen LogP contribution in [0.15, 0.2) is 30.3 Å². The van der Waals surface area contributed by atoms with Gasteiger partial charge < -0.3 is 9.30 Å². The van der Waals surface area contributed by atoms with E-state index in [0.29, 0.717) is 0 Å². The zero-order valence-corrected chi connectivity index (χ0v) is 12.2. The lowest BCUT2D eigenvalue weighted by Gasteiger charge is -2.27. The third-order valence-corrected chi connectivity index (χ3v) is 4.99. The van der Waals surface area contributed by atoms with Crippen LogP contribution >= 0.6 is 0 Å². The first-order valence-electron chi connectivity index (χ1n) is 7.30. The van der Waals surface area contributed by atoms with Crippen molar-refractivity contribution in [1.29, 1.82) is 0 Å². The van der Waals surface area contributed by atoms with Crippen molar-refractivity contribution in [2.75, 3.05) is 7.11 Å². The summed E-state index contributed by atoms with van der Waals surface area (Å²) < 4.78 is 8.06. The number of ether oxygens (including phenoxy) is 1. The molecule has 2 heteroatoms. The molecular weight excluding hydrogens is 246 g/mol. The fourth-order valence-electron chi connectivity index (χ4n) is 3.68. The van der Waals surface area contributed by atoms with Gasteiger partial charge in [0.2, 0.25) is 0 Å². The Hall–Kier alpha value is -1.96. The number of benzene rings is 2. The van der Waals surface area contributed by atoms with Crippen LogP contribution in [0, 0.1) is 0 Å². The first-order valence-corrected chi connectivity index (χ1v) is 7.30. The molecule has 0 saturated carbocycles. The molecule has 2 nitrogen and oxygen atoms in total. The van der Waals surface area contributed by atoms with Crippen LogP contribution in [0.3, 0.4) is 0 Å². The van der Waals surface area contributed by atoms with Crippen LogP contribution in [-0.4, -0.2) is 11.7 Å². The molecule has 1 unspecified atom stereocenters. The maximum Gasteiger partial charge on any atom is 0.126 e. The molecule has 2 aromatic carbocycles. The van der Waals surface area contributed by atoms with Crippen molar-refractivity contribution in [1.82, 2.24) is 4.57 Å². The molecule has 0 aliphatic carbocycles. The number of fused-ring (bicyclic) bond motifs is 3. The van der Waals surface area contributed by atoms with E-state index in [1.165, 1.54) is 27.0 Å². The number of nitrogens with zero attached hydrogens (tertiary/aromatic N) is 1. The Morgan fingerprint density at radius 3 is 2.75 bits per heavy atom. The molecule has 0 N–H and O–H groups in total. The normalized spacial score (nSPS) is 21.4. The molecule has 0 radical (unpaired) electrons. The monoisotopic (exact) mass is 265 g/mol. The first-order chi connectivity index (χ1) is 9.69. The highest BCUT2D eigenvalue weighted by atomic mass is 16.5. The third kappa shape index (κ3) is 1.24. The molecule has 1 aliphatic heterocycles. The number of hydrogen-bond donors (Lipinski definition) is 0. The predicted molar refractivity (Wildman–Crippen MR) is 84.2 cm³/mol. The summed E-state index contributed by atoms with van der Waals surface area (Å²) in [6.07, 6.45) is 4.67. The molecule has 4 rings (SSSR count). The highest BCUT2D eigenvalue weighted by molar-refractivity contribution is 6.12. The Kier molecular flexibility index (Phi) is 2.24. The van der Waals surface area contributed by atoms with Crippen LogP contribution in [0.1, 0.15) is 26.7 Å². The molecule has 20 heavy (non-hydrogen) atoms. The molecular formula is C18H19NO. The Labute approximate surface area is 118 Å². The highest BCUT2D eigenvalue weighted by Gasteiger charge is 2.31. The van der Waals surface area contributed by atoms with E-state index >= 15 is 0 Å². The van der Waals surface area contributed by atoms with Gasteiger partial charge in [-0.1, -0.05) is 31.2 Å². The van der Waals surface area contributed by atoms with Gasteiger partial charge in [0.15, 0.2) is 0 Å². The molecule has 102 valence electrons. The zero-order valence-electron chi connectivity index (χ0n) is 12.2. The summed E-state index contributed by atoms with van der Waals surface area (Å²) in [5.41, 5.74) is 1.54. The molecule has 0 saturated heterocycles. The summed E-state index contributed by atoms with van der Waals surface area (Å²) in [5.74, 6) is 0.963. The van der Waals surface area contributed by atoms with Gasteiger partial charge in [-0.25, -0.2) is 0 Å². The van der Waals surface area contributed by atoms with E-state index in [4.69, 9.17) is 4.74 Å². The Morgan fingerprint density at radius 2 is 2.00 bits per heavy atom. The molecule has 1 atom stereocenters. The van der Waals surface area contributed by atoms with E-state index in [1.54, 1.807) is 7.11 Å². The quantitative estimate of drug-likeness (QED) is 0.687. The van der Waals surface area contributed by atoms with Gasteiger partial charge in [-0.2, -0.15) is 0 Å². The second-order valence-electron chi connectivity index (χ2n) is 5.99. The van der Waals surface area contributed by atoms with Crippen molar-refractivity contribution in [2.45, 2.75) is 32.2 Å². The Morgan fingerprint density at radius 1 is 1.20 bits per heavy atom. The van der Waals surface area contributed by atoms with Gasteiger partial charge >= 0.3 is 0 Å². The second-order valence-corrected chi connectivity index (χ2v) is 5.99. The average Bonchev–Trinajstić information content (AvgIpc) is 2.99. The summed E-state index contributed by atoms with van der Waals surface area (Å²) in [4.78, 5) is 0. The molecule has 1 aliphatic rings. The standard InChI is InChI=1S/C18H19NO/c1-4-18(2)11-10-14-12-6-5-7-13-16(20-3)9-8-15(17(12)13)19(14)18/h5-10H,4,11H2,1-3H3. The lowest BCUT2D eigenvalue weighted by atomic mass is 9.95. The van der Waals surface area contributed by atoms with E-state index in [9.17, 15) is 0 Å². The summed E-state index contributed by atoms with van der Waals surface area (Å²) in [6, 6.07) is 10.8. The topological polar surface area (TPSA) is 14.2 Å². The summed E-state index contributed by atoms with van der Waals surface area (Å²) in [6.45, 7) is 4.64. The minimum Gasteiger partial charge on any atom is -0.496 e. The number of methoxy groups -OCH3 is 1. The summed E-state index contributed by atoms with van der Waals surface area (Å²) >= 11 is 0. The minimum absolute atomic E-state index is 0.204. The molecule has 0 spiro atoms. The van der Waals surface area contributed by atoms with Gasteiger partial charge in [0.1, 0.15) is 5.75 Å². The number of hydrogen-bond acceptors (Lipinski definition) is 1. The molecule has 0 bridgehead atoms. The van der Waals surface area contributed by atoms with Crippen LogP contribution in [0.5, 0.6) is 5.75 Å². The van der Waals surface area contributed by atoms with Crippen molar-refractivity contribution in [3.8, 4) is 5.75 Å². The third-order valence-electron chi connectivity index (χ3n) is 4.99. The Bertz CT molecular complexity index is 874. The number of rotatable bonds is 2. The van der Waals surface area contributed by atoms with E-state index < -0.39 is 0 Å². The zero-order chi connectivity index (χ0) is 13.9. The molecule has 2 heterocycles. The van der Waals surface area contributed by atoms with Crippen molar-refractivity contribution in [3.05, 3.63) is 35.7 Å². The van der Waals surface area contributed by atoms with Crippen molar-refractivity contribution in [3.63, 3.8) is 0 Å². The van der Waals surface area contributed by atoms with Crippen LogP contribution in [-0.2, 0) is 5.54 Å². The molecule has 0 fully saturated rings. The van der Waals surface area contributed by atoms with Gasteiger partial charge in [0.25, 0.3) is 0 Å². The fraction of sp³-hybridized carbons (Fsp3) is 0.333. The van der Waals surface area contributed by atoms with E-state index in [2.05, 4.69) is 54.8 Å². The first kappa shape index (κ1) is 11.8. The van der Waals surface area contributed by atoms with Crippen LogP contribution in [0.4, 0.5) is 0 Å². The van der Waals surface area contributed by atoms with Crippen molar-refractivity contribution in [2.24, 2.45) is 0 Å². The molecule has 3 aromatic rings. The van der Waals surface area contributed by atoms with Crippen molar-refractivity contribution < 1.29 is 4.74 Å². The maximum absolute atomic E-state index is 5.53. The molecule has 1 aromatic heterocycles. The van der Waals surface area contributed by atoms with E-state index in [1.807, 2.05) is 0 Å². The van der Waals surface area contributed by atoms with Crippen LogP contribution < -0.4 is 10.1 Å². The Balaban J connectivity index is 2.25. The largest absolute Gasteiger partial charge is 0.496 e. The lowest BCUT2D eigenvalue weighted by molar-refractivity contribution is 0.338. The van der Waals surface area contributed by atoms with Crippen molar-refractivity contribution >= 4 is 27.8 Å². The second kappa shape index (κ2) is 3.78. The van der Waals surface area contributed by atoms with Gasteiger partial charge in [-0.15, -0.1) is 0 Å².